The number of nitrogens with one attached hydrogen (secondary N) is 1. The van der Waals surface area contributed by atoms with E-state index in [2.05, 4.69) is 21.2 Å². The van der Waals surface area contributed by atoms with Gasteiger partial charge in [-0.2, -0.15) is 0 Å². The van der Waals surface area contributed by atoms with E-state index in [0.717, 1.165) is 10.5 Å². The first-order valence-corrected chi connectivity index (χ1v) is 9.13. The largest absolute Gasteiger partial charge is 0.366 e. The number of nitrogens with zero attached hydrogens (tertiary/aromatic N) is 1. The lowest BCUT2D eigenvalue weighted by Crippen LogP contribution is -2.43. The molecule has 1 aliphatic heterocycles. The smallest absolute Gasteiger partial charge is 0.254 e. The number of benzene rings is 2. The molecule has 1 saturated heterocycles. The summed E-state index contributed by atoms with van der Waals surface area (Å²) in [7, 11) is 0. The van der Waals surface area contributed by atoms with Crippen LogP contribution in [-0.4, -0.2) is 35.2 Å². The van der Waals surface area contributed by atoms with Crippen molar-refractivity contribution in [3.8, 4) is 0 Å². The summed E-state index contributed by atoms with van der Waals surface area (Å²) in [6.07, 6.45) is 1.23. The fraction of sp³-hybridized carbons (Fsp3) is 0.211. The van der Waals surface area contributed by atoms with E-state index >= 15 is 0 Å². The Balaban J connectivity index is 1.76. The minimum Gasteiger partial charge on any atom is -0.366 e. The van der Waals surface area contributed by atoms with Crippen molar-refractivity contribution in [2.24, 2.45) is 5.73 Å². The summed E-state index contributed by atoms with van der Waals surface area (Å²) in [5.74, 6) is -2.29. The number of rotatable bonds is 4. The Kier molecular flexibility index (Phi) is 5.55. The second kappa shape index (κ2) is 7.87. The number of halogens is 2. The van der Waals surface area contributed by atoms with Crippen LogP contribution in [0.25, 0.3) is 0 Å². The van der Waals surface area contributed by atoms with Crippen molar-refractivity contribution in [3.05, 3.63) is 63.9 Å². The van der Waals surface area contributed by atoms with Crippen molar-refractivity contribution in [3.63, 3.8) is 0 Å². The molecule has 0 spiro atoms. The van der Waals surface area contributed by atoms with Crippen molar-refractivity contribution >= 4 is 39.3 Å². The van der Waals surface area contributed by atoms with Crippen molar-refractivity contribution in [1.82, 2.24) is 4.90 Å². The predicted octanol–water partition coefficient (Wildman–Crippen LogP) is 2.93. The molecule has 2 aromatic carbocycles. The minimum absolute atomic E-state index is 0.225. The van der Waals surface area contributed by atoms with Gasteiger partial charge in [0, 0.05) is 22.3 Å². The molecule has 1 fully saturated rings. The Morgan fingerprint density at radius 1 is 1.15 bits per heavy atom. The Morgan fingerprint density at radius 2 is 1.85 bits per heavy atom. The van der Waals surface area contributed by atoms with Gasteiger partial charge >= 0.3 is 0 Å². The fourth-order valence-electron chi connectivity index (χ4n) is 3.06. The lowest BCUT2D eigenvalue weighted by molar-refractivity contribution is -0.119. The number of anilines is 1. The number of carbonyl (C=O) groups is 3. The zero-order chi connectivity index (χ0) is 19.6. The Bertz CT molecular complexity index is 902. The third-order valence-electron chi connectivity index (χ3n) is 4.41. The SMILES string of the molecule is NC(=O)c1cc(NC(=O)C2CCCN2C(=O)c2ccc(Br)cc2)ccc1F. The summed E-state index contributed by atoms with van der Waals surface area (Å²) in [6, 6.07) is 9.88. The standard InChI is InChI=1S/C19H17BrFN3O3/c20-12-5-3-11(4-6-12)19(27)24-9-1-2-16(24)18(26)23-13-7-8-15(21)14(10-13)17(22)25/h3-8,10,16H,1-2,9H2,(H2,22,25)(H,23,26). The van der Waals surface area contributed by atoms with Gasteiger partial charge in [-0.15, -0.1) is 0 Å². The molecule has 1 heterocycles. The highest BCUT2D eigenvalue weighted by Crippen LogP contribution is 2.23. The summed E-state index contributed by atoms with van der Waals surface area (Å²) in [5.41, 5.74) is 5.57. The van der Waals surface area contributed by atoms with Gasteiger partial charge in [0.15, 0.2) is 0 Å². The Morgan fingerprint density at radius 3 is 2.52 bits per heavy atom. The van der Waals surface area contributed by atoms with Crippen LogP contribution in [0, 0.1) is 5.82 Å². The third kappa shape index (κ3) is 4.16. The van der Waals surface area contributed by atoms with Crippen LogP contribution in [-0.2, 0) is 4.79 Å². The van der Waals surface area contributed by atoms with Crippen LogP contribution in [0.15, 0.2) is 46.9 Å². The number of likely N-dealkylation sites (tertiary alicyclic amines) is 1. The molecule has 3 rings (SSSR count). The van der Waals surface area contributed by atoms with Gasteiger partial charge in [0.1, 0.15) is 11.9 Å². The van der Waals surface area contributed by atoms with Crippen LogP contribution in [0.3, 0.4) is 0 Å². The molecule has 0 saturated carbocycles. The molecular weight excluding hydrogens is 417 g/mol. The fourth-order valence-corrected chi connectivity index (χ4v) is 3.32. The maximum atomic E-state index is 13.6. The number of hydrogen-bond donors (Lipinski definition) is 2. The molecule has 2 aromatic rings. The van der Waals surface area contributed by atoms with Crippen LogP contribution >= 0.6 is 15.9 Å². The zero-order valence-corrected chi connectivity index (χ0v) is 15.8. The number of primary amides is 1. The molecule has 6 nitrogen and oxygen atoms in total. The van der Waals surface area contributed by atoms with Gasteiger partial charge in [0.2, 0.25) is 5.91 Å². The molecule has 0 aromatic heterocycles. The summed E-state index contributed by atoms with van der Waals surface area (Å²) in [4.78, 5) is 38.2. The normalized spacial score (nSPS) is 16.2. The Hall–Kier alpha value is -2.74. The van der Waals surface area contributed by atoms with E-state index in [4.69, 9.17) is 5.73 Å². The number of hydrogen-bond acceptors (Lipinski definition) is 3. The van der Waals surface area contributed by atoms with E-state index in [-0.39, 0.29) is 23.1 Å². The summed E-state index contributed by atoms with van der Waals surface area (Å²) in [6.45, 7) is 0.475. The maximum absolute atomic E-state index is 13.6. The van der Waals surface area contributed by atoms with Gasteiger partial charge in [-0.1, -0.05) is 15.9 Å². The van der Waals surface area contributed by atoms with Gasteiger partial charge in [-0.25, -0.2) is 4.39 Å². The predicted molar refractivity (Wildman–Crippen MR) is 102 cm³/mol. The van der Waals surface area contributed by atoms with Crippen LogP contribution in [0.4, 0.5) is 10.1 Å². The molecule has 3 N–H and O–H groups in total. The molecule has 140 valence electrons. The van der Waals surface area contributed by atoms with Crippen molar-refractivity contribution < 1.29 is 18.8 Å². The van der Waals surface area contributed by atoms with Crippen LogP contribution in [0.5, 0.6) is 0 Å². The van der Waals surface area contributed by atoms with Gasteiger partial charge in [-0.05, 0) is 55.3 Å². The number of nitrogens with two attached hydrogens (primary N) is 1. The molecule has 0 radical (unpaired) electrons. The van der Waals surface area contributed by atoms with E-state index in [1.54, 1.807) is 24.3 Å². The van der Waals surface area contributed by atoms with Crippen LogP contribution in [0.2, 0.25) is 0 Å². The van der Waals surface area contributed by atoms with Gasteiger partial charge < -0.3 is 16.0 Å². The van der Waals surface area contributed by atoms with Crippen molar-refractivity contribution in [1.29, 1.82) is 0 Å². The Labute approximate surface area is 163 Å². The average Bonchev–Trinajstić information content (AvgIpc) is 3.13. The lowest BCUT2D eigenvalue weighted by Gasteiger charge is -2.24. The molecule has 1 atom stereocenters. The first-order valence-electron chi connectivity index (χ1n) is 8.33. The first kappa shape index (κ1) is 19.0. The van der Waals surface area contributed by atoms with Gasteiger partial charge in [-0.3, -0.25) is 14.4 Å². The van der Waals surface area contributed by atoms with E-state index in [0.29, 0.717) is 24.9 Å². The quantitative estimate of drug-likeness (QED) is 0.775. The molecule has 8 heteroatoms. The molecular formula is C19H17BrFN3O3. The molecule has 27 heavy (non-hydrogen) atoms. The topological polar surface area (TPSA) is 92.5 Å². The van der Waals surface area contributed by atoms with Crippen LogP contribution in [0.1, 0.15) is 33.6 Å². The number of carbonyl (C=O) groups excluding carboxylic acids is 3. The lowest BCUT2D eigenvalue weighted by atomic mass is 10.1. The third-order valence-corrected chi connectivity index (χ3v) is 4.94. The molecule has 0 bridgehead atoms. The minimum atomic E-state index is -0.920. The zero-order valence-electron chi connectivity index (χ0n) is 14.2. The van der Waals surface area contributed by atoms with Gasteiger partial charge in [0.25, 0.3) is 11.8 Å². The highest BCUT2D eigenvalue weighted by atomic mass is 79.9. The molecule has 1 aliphatic rings. The highest BCUT2D eigenvalue weighted by Gasteiger charge is 2.34. The number of amides is 3. The monoisotopic (exact) mass is 433 g/mol. The van der Waals surface area contributed by atoms with Gasteiger partial charge in [0.05, 0.1) is 5.56 Å². The van der Waals surface area contributed by atoms with E-state index in [1.165, 1.54) is 17.0 Å². The van der Waals surface area contributed by atoms with Crippen molar-refractivity contribution in [2.75, 3.05) is 11.9 Å². The highest BCUT2D eigenvalue weighted by molar-refractivity contribution is 9.10. The first-order chi connectivity index (χ1) is 12.9. The van der Waals surface area contributed by atoms with E-state index < -0.39 is 17.8 Å². The average molecular weight is 434 g/mol. The maximum Gasteiger partial charge on any atom is 0.254 e. The van der Waals surface area contributed by atoms with Crippen LogP contribution < -0.4 is 11.1 Å². The van der Waals surface area contributed by atoms with E-state index in [9.17, 15) is 18.8 Å². The second-order valence-electron chi connectivity index (χ2n) is 6.21. The molecule has 3 amide bonds. The summed E-state index contributed by atoms with van der Waals surface area (Å²) in [5, 5.41) is 2.64. The van der Waals surface area contributed by atoms with Crippen molar-refractivity contribution in [2.45, 2.75) is 18.9 Å². The van der Waals surface area contributed by atoms with E-state index in [1.807, 2.05) is 0 Å². The molecule has 0 aliphatic carbocycles. The summed E-state index contributed by atoms with van der Waals surface area (Å²) < 4.78 is 14.4. The second-order valence-corrected chi connectivity index (χ2v) is 7.13. The summed E-state index contributed by atoms with van der Waals surface area (Å²) >= 11 is 3.32. The molecule has 1 unspecified atom stereocenters.